The van der Waals surface area contributed by atoms with Gasteiger partial charge < -0.3 is 9.32 Å². The number of carbonyl (C=O) groups excluding carboxylic acids is 2. The van der Waals surface area contributed by atoms with E-state index in [-0.39, 0.29) is 39.9 Å². The van der Waals surface area contributed by atoms with Gasteiger partial charge in [-0.15, -0.1) is 10.2 Å². The van der Waals surface area contributed by atoms with Crippen molar-refractivity contribution < 1.29 is 18.4 Å². The lowest BCUT2D eigenvalue weighted by atomic mass is 9.84. The minimum absolute atomic E-state index is 0.0297. The zero-order valence-corrected chi connectivity index (χ0v) is 24.1. The van der Waals surface area contributed by atoms with Crippen LogP contribution in [-0.4, -0.2) is 22.0 Å². The first-order valence-electron chi connectivity index (χ1n) is 13.5. The molecule has 7 rings (SSSR count). The number of fused-ring (bicyclic) bond motifs is 5. The largest absolute Gasteiger partial charge is 0.450 e. The second-order valence-electron chi connectivity index (χ2n) is 11.0. The summed E-state index contributed by atoms with van der Waals surface area (Å²) in [6, 6.07) is 16.4. The first-order valence-corrected chi connectivity index (χ1v) is 14.4. The summed E-state index contributed by atoms with van der Waals surface area (Å²) in [6.07, 6.45) is 0. The third kappa shape index (κ3) is 3.48. The summed E-state index contributed by atoms with van der Waals surface area (Å²) in [5.74, 6) is -1.69. The standard InChI is InChI=1S/C32H25FN4O4S/c1-16(2)28-34-35-31(42-28)37-29(39)27-25(26(38)21-13-17(3)18(4)14-24(21)41-27)32(37)22-7-5-6-8-23(22)36(30(32)40)15-19-9-11-20(33)12-10-19/h5-14,16H,15H2,1-4H3. The molecule has 8 nitrogen and oxygen atoms in total. The molecule has 2 aliphatic heterocycles. The van der Waals surface area contributed by atoms with Crippen LogP contribution in [0, 0.1) is 19.7 Å². The Hall–Kier alpha value is -4.70. The van der Waals surface area contributed by atoms with Gasteiger partial charge in [-0.05, 0) is 60.9 Å². The molecule has 3 aromatic carbocycles. The maximum Gasteiger partial charge on any atom is 0.297 e. The van der Waals surface area contributed by atoms with Gasteiger partial charge in [0.15, 0.2) is 11.0 Å². The molecular formula is C32H25FN4O4S. The van der Waals surface area contributed by atoms with Gasteiger partial charge in [-0.1, -0.05) is 55.5 Å². The number of rotatable bonds is 4. The van der Waals surface area contributed by atoms with Gasteiger partial charge in [-0.2, -0.15) is 0 Å². The molecule has 1 atom stereocenters. The molecule has 0 bridgehead atoms. The normalized spacial score (nSPS) is 17.7. The van der Waals surface area contributed by atoms with Crippen LogP contribution < -0.4 is 15.2 Å². The molecule has 0 fully saturated rings. The molecular weight excluding hydrogens is 555 g/mol. The van der Waals surface area contributed by atoms with E-state index in [2.05, 4.69) is 10.2 Å². The fourth-order valence-electron chi connectivity index (χ4n) is 5.90. The predicted molar refractivity (Wildman–Crippen MR) is 158 cm³/mol. The number of para-hydroxylation sites is 1. The zero-order valence-electron chi connectivity index (χ0n) is 23.3. The fraction of sp³-hybridized carbons (Fsp3) is 0.219. The third-order valence-corrected chi connectivity index (χ3v) is 9.32. The highest BCUT2D eigenvalue weighted by Gasteiger charge is 2.66. The Morgan fingerprint density at radius 2 is 1.69 bits per heavy atom. The molecule has 0 saturated heterocycles. The second kappa shape index (κ2) is 9.15. The first-order chi connectivity index (χ1) is 20.1. The lowest BCUT2D eigenvalue weighted by molar-refractivity contribution is -0.121. The second-order valence-corrected chi connectivity index (χ2v) is 12.0. The molecule has 0 N–H and O–H groups in total. The summed E-state index contributed by atoms with van der Waals surface area (Å²) in [5, 5.41) is 9.80. The lowest BCUT2D eigenvalue weighted by Crippen LogP contribution is -2.53. The monoisotopic (exact) mass is 580 g/mol. The first kappa shape index (κ1) is 26.2. The highest BCUT2D eigenvalue weighted by atomic mass is 32.1. The number of benzene rings is 3. The Kier molecular flexibility index (Phi) is 5.71. The van der Waals surface area contributed by atoms with Gasteiger partial charge in [-0.3, -0.25) is 19.3 Å². The fourth-order valence-corrected chi connectivity index (χ4v) is 6.79. The van der Waals surface area contributed by atoms with E-state index >= 15 is 0 Å². The molecule has 2 aromatic heterocycles. The molecule has 2 amide bonds. The molecule has 0 radical (unpaired) electrons. The van der Waals surface area contributed by atoms with Crippen molar-refractivity contribution in [2.24, 2.45) is 0 Å². The van der Waals surface area contributed by atoms with Crippen molar-refractivity contribution in [3.05, 3.63) is 115 Å². The van der Waals surface area contributed by atoms with E-state index in [1.54, 1.807) is 48.5 Å². The van der Waals surface area contributed by atoms with Gasteiger partial charge in [0, 0.05) is 11.5 Å². The third-order valence-electron chi connectivity index (χ3n) is 8.11. The summed E-state index contributed by atoms with van der Waals surface area (Å²) < 4.78 is 19.9. The van der Waals surface area contributed by atoms with Crippen LogP contribution in [0.4, 0.5) is 15.2 Å². The Morgan fingerprint density at radius 1 is 0.976 bits per heavy atom. The van der Waals surface area contributed by atoms with Crippen LogP contribution in [0.15, 0.2) is 69.9 Å². The molecule has 4 heterocycles. The number of amides is 2. The van der Waals surface area contributed by atoms with Crippen LogP contribution >= 0.6 is 11.3 Å². The number of halogens is 1. The molecule has 10 heteroatoms. The molecule has 2 aliphatic rings. The van der Waals surface area contributed by atoms with Crippen molar-refractivity contribution in [3.8, 4) is 0 Å². The van der Waals surface area contributed by atoms with Gasteiger partial charge in [0.05, 0.1) is 23.2 Å². The number of aryl methyl sites for hydroxylation is 2. The Bertz CT molecular complexity index is 2020. The van der Waals surface area contributed by atoms with Crippen LogP contribution in [0.1, 0.15) is 63.1 Å². The van der Waals surface area contributed by atoms with Crippen molar-refractivity contribution in [3.63, 3.8) is 0 Å². The SMILES string of the molecule is Cc1cc2oc3c(c(=O)c2cc1C)C1(C(=O)N(Cc2ccc(F)cc2)c2ccccc21)N(c1nnc(C(C)C)s1)C3=O. The van der Waals surface area contributed by atoms with Crippen LogP contribution in [0.3, 0.4) is 0 Å². The van der Waals surface area contributed by atoms with Crippen molar-refractivity contribution in [2.45, 2.75) is 45.7 Å². The van der Waals surface area contributed by atoms with Gasteiger partial charge in [-0.25, -0.2) is 4.39 Å². The van der Waals surface area contributed by atoms with Crippen molar-refractivity contribution >= 4 is 44.9 Å². The van der Waals surface area contributed by atoms with Crippen molar-refractivity contribution in [2.75, 3.05) is 9.80 Å². The van der Waals surface area contributed by atoms with Crippen LogP contribution in [0.25, 0.3) is 11.0 Å². The van der Waals surface area contributed by atoms with Gasteiger partial charge >= 0.3 is 0 Å². The molecule has 1 spiro atoms. The summed E-state index contributed by atoms with van der Waals surface area (Å²) in [7, 11) is 0. The molecule has 1 unspecified atom stereocenters. The maximum atomic E-state index is 14.9. The van der Waals surface area contributed by atoms with E-state index in [0.717, 1.165) is 11.1 Å². The smallest absolute Gasteiger partial charge is 0.297 e. The van der Waals surface area contributed by atoms with Crippen LogP contribution in [0.2, 0.25) is 0 Å². The highest BCUT2D eigenvalue weighted by Crippen LogP contribution is 2.54. The number of aromatic nitrogens is 2. The molecule has 210 valence electrons. The number of hydrogen-bond donors (Lipinski definition) is 0. The number of nitrogens with zero attached hydrogens (tertiary/aromatic N) is 4. The molecule has 5 aromatic rings. The minimum Gasteiger partial charge on any atom is -0.450 e. The van der Waals surface area contributed by atoms with E-state index in [1.165, 1.54) is 33.3 Å². The Labute approximate surface area is 244 Å². The Balaban J connectivity index is 1.55. The van der Waals surface area contributed by atoms with E-state index in [4.69, 9.17) is 4.42 Å². The zero-order chi connectivity index (χ0) is 29.5. The van der Waals surface area contributed by atoms with Crippen LogP contribution in [-0.2, 0) is 16.9 Å². The average molecular weight is 581 g/mol. The lowest BCUT2D eigenvalue weighted by Gasteiger charge is -2.32. The average Bonchev–Trinajstić information content (AvgIpc) is 3.61. The summed E-state index contributed by atoms with van der Waals surface area (Å²) in [5.41, 5.74) is 1.37. The number of hydrogen-bond acceptors (Lipinski definition) is 7. The topological polar surface area (TPSA) is 96.6 Å². The van der Waals surface area contributed by atoms with Crippen LogP contribution in [0.5, 0.6) is 0 Å². The van der Waals surface area contributed by atoms with Gasteiger partial charge in [0.1, 0.15) is 16.4 Å². The van der Waals surface area contributed by atoms with Gasteiger partial charge in [0.2, 0.25) is 10.9 Å². The van der Waals surface area contributed by atoms with E-state index in [0.29, 0.717) is 21.8 Å². The van der Waals surface area contributed by atoms with E-state index < -0.39 is 28.6 Å². The quantitative estimate of drug-likeness (QED) is 0.260. The van der Waals surface area contributed by atoms with Crippen molar-refractivity contribution in [1.29, 1.82) is 0 Å². The highest BCUT2D eigenvalue weighted by molar-refractivity contribution is 7.15. The van der Waals surface area contributed by atoms with Crippen molar-refractivity contribution in [1.82, 2.24) is 10.2 Å². The summed E-state index contributed by atoms with van der Waals surface area (Å²) in [4.78, 5) is 46.6. The Morgan fingerprint density at radius 3 is 2.40 bits per heavy atom. The van der Waals surface area contributed by atoms with E-state index in [9.17, 15) is 18.8 Å². The summed E-state index contributed by atoms with van der Waals surface area (Å²) in [6.45, 7) is 7.81. The van der Waals surface area contributed by atoms with Gasteiger partial charge in [0.25, 0.3) is 11.8 Å². The van der Waals surface area contributed by atoms with E-state index in [1.807, 2.05) is 27.7 Å². The minimum atomic E-state index is -1.87. The predicted octanol–water partition coefficient (Wildman–Crippen LogP) is 5.97. The summed E-state index contributed by atoms with van der Waals surface area (Å²) >= 11 is 1.20. The molecule has 42 heavy (non-hydrogen) atoms. The maximum absolute atomic E-state index is 14.9. The number of anilines is 2. The molecule has 0 saturated carbocycles. The number of carbonyl (C=O) groups is 2. The molecule has 0 aliphatic carbocycles.